The summed E-state index contributed by atoms with van der Waals surface area (Å²) in [5, 5.41) is 22.5. The van der Waals surface area contributed by atoms with Crippen LogP contribution in [-0.4, -0.2) is 14.7 Å². The number of nitro groups is 1. The fourth-order valence-corrected chi connectivity index (χ4v) is 3.60. The molecule has 3 aromatic carbocycles. The van der Waals surface area contributed by atoms with Crippen LogP contribution < -0.4 is 5.56 Å². The van der Waals surface area contributed by atoms with Crippen molar-refractivity contribution in [3.8, 4) is 16.9 Å². The molecule has 0 unspecified atom stereocenters. The standard InChI is InChI=1S/C22H16BrN5O3/c1-14-7-12-19(18(23)13-14)24-25-21-20(15-8-10-17(11-9-15)28(30)31)26-27(22(21)29)16-5-3-2-4-6-16/h2-13,26H,1H3. The number of hydrogen-bond donors (Lipinski definition) is 1. The molecule has 9 heteroatoms. The number of nitrogens with zero attached hydrogens (tertiary/aromatic N) is 4. The van der Waals surface area contributed by atoms with Crippen LogP contribution in [0.4, 0.5) is 17.1 Å². The zero-order valence-electron chi connectivity index (χ0n) is 16.3. The van der Waals surface area contributed by atoms with Gasteiger partial charge in [0.15, 0.2) is 5.69 Å². The summed E-state index contributed by atoms with van der Waals surface area (Å²) < 4.78 is 2.13. The minimum Gasteiger partial charge on any atom is -0.288 e. The normalized spacial score (nSPS) is 11.2. The highest BCUT2D eigenvalue weighted by molar-refractivity contribution is 9.10. The maximum absolute atomic E-state index is 13.2. The average Bonchev–Trinajstić information content (AvgIpc) is 3.10. The van der Waals surface area contributed by atoms with Crippen molar-refractivity contribution < 1.29 is 4.92 Å². The SMILES string of the molecule is Cc1ccc(N=Nc2c(-c3ccc([N+](=O)[O-])cc3)[nH]n(-c3ccccc3)c2=O)c(Br)c1. The molecule has 0 aliphatic rings. The van der Waals surface area contributed by atoms with Gasteiger partial charge >= 0.3 is 0 Å². The Morgan fingerprint density at radius 1 is 1.00 bits per heavy atom. The van der Waals surface area contributed by atoms with Crippen molar-refractivity contribution >= 4 is 33.0 Å². The van der Waals surface area contributed by atoms with E-state index in [1.807, 2.05) is 37.3 Å². The second-order valence-electron chi connectivity index (χ2n) is 6.77. The van der Waals surface area contributed by atoms with Gasteiger partial charge in [0.2, 0.25) is 0 Å². The number of halogens is 1. The molecule has 8 nitrogen and oxygen atoms in total. The van der Waals surface area contributed by atoms with Crippen LogP contribution in [0, 0.1) is 17.0 Å². The summed E-state index contributed by atoms with van der Waals surface area (Å²) >= 11 is 3.46. The Morgan fingerprint density at radius 2 is 1.71 bits per heavy atom. The van der Waals surface area contributed by atoms with E-state index in [1.54, 1.807) is 30.3 Å². The average molecular weight is 478 g/mol. The first-order valence-corrected chi connectivity index (χ1v) is 10.1. The van der Waals surface area contributed by atoms with E-state index >= 15 is 0 Å². The number of aromatic amines is 1. The van der Waals surface area contributed by atoms with Gasteiger partial charge in [0.05, 0.1) is 22.0 Å². The highest BCUT2D eigenvalue weighted by atomic mass is 79.9. The van der Waals surface area contributed by atoms with Crippen LogP contribution in [0.2, 0.25) is 0 Å². The Labute approximate surface area is 185 Å². The number of azo groups is 1. The molecule has 0 saturated heterocycles. The maximum Gasteiger partial charge on any atom is 0.299 e. The van der Waals surface area contributed by atoms with Crippen molar-refractivity contribution in [2.45, 2.75) is 6.92 Å². The van der Waals surface area contributed by atoms with Crippen LogP contribution in [0.5, 0.6) is 0 Å². The Kier molecular flexibility index (Phi) is 5.59. The van der Waals surface area contributed by atoms with Crippen LogP contribution in [0.3, 0.4) is 0 Å². The molecule has 0 fully saturated rings. The van der Waals surface area contributed by atoms with Gasteiger partial charge in [-0.2, -0.15) is 0 Å². The number of rotatable bonds is 5. The number of nitrogens with one attached hydrogen (secondary N) is 1. The fraction of sp³-hybridized carbons (Fsp3) is 0.0455. The van der Waals surface area contributed by atoms with Crippen LogP contribution in [-0.2, 0) is 0 Å². The summed E-state index contributed by atoms with van der Waals surface area (Å²) in [6.07, 6.45) is 0. The number of nitro benzene ring substituents is 1. The molecule has 4 rings (SSSR count). The second kappa shape index (κ2) is 8.49. The Hall–Kier alpha value is -3.85. The molecule has 1 aromatic heterocycles. The highest BCUT2D eigenvalue weighted by Crippen LogP contribution is 2.31. The minimum absolute atomic E-state index is 0.0413. The largest absolute Gasteiger partial charge is 0.299 e. The quantitative estimate of drug-likeness (QED) is 0.209. The predicted molar refractivity (Wildman–Crippen MR) is 122 cm³/mol. The van der Waals surface area contributed by atoms with Gasteiger partial charge in [-0.05, 0) is 64.8 Å². The Bertz CT molecular complexity index is 1340. The Balaban J connectivity index is 1.85. The fourth-order valence-electron chi connectivity index (χ4n) is 3.03. The van der Waals surface area contributed by atoms with E-state index in [9.17, 15) is 14.9 Å². The lowest BCUT2D eigenvalue weighted by Crippen LogP contribution is -2.13. The molecular formula is C22H16BrN5O3. The number of aromatic nitrogens is 2. The third-order valence-electron chi connectivity index (χ3n) is 4.61. The molecule has 0 aliphatic heterocycles. The molecule has 0 spiro atoms. The van der Waals surface area contributed by atoms with Gasteiger partial charge in [-0.3, -0.25) is 20.0 Å². The third kappa shape index (κ3) is 4.22. The van der Waals surface area contributed by atoms with E-state index in [1.165, 1.54) is 16.8 Å². The number of non-ortho nitro benzene ring substituents is 1. The minimum atomic E-state index is -0.475. The van der Waals surface area contributed by atoms with Crippen molar-refractivity contribution in [3.63, 3.8) is 0 Å². The number of para-hydroxylation sites is 1. The van der Waals surface area contributed by atoms with Gasteiger partial charge in [-0.1, -0.05) is 24.3 Å². The van der Waals surface area contributed by atoms with Crippen LogP contribution in [0.15, 0.2) is 92.3 Å². The number of aryl methyl sites for hydroxylation is 1. The molecule has 154 valence electrons. The molecule has 0 amide bonds. The smallest absolute Gasteiger partial charge is 0.288 e. The lowest BCUT2D eigenvalue weighted by atomic mass is 10.1. The summed E-state index contributed by atoms with van der Waals surface area (Å²) in [6, 6.07) is 20.6. The van der Waals surface area contributed by atoms with Gasteiger partial charge in [0.25, 0.3) is 11.2 Å². The predicted octanol–water partition coefficient (Wildman–Crippen LogP) is 6.23. The third-order valence-corrected chi connectivity index (χ3v) is 5.24. The van der Waals surface area contributed by atoms with E-state index in [0.717, 1.165) is 10.0 Å². The topological polar surface area (TPSA) is 106 Å². The first-order chi connectivity index (χ1) is 14.9. The molecule has 0 atom stereocenters. The highest BCUT2D eigenvalue weighted by Gasteiger charge is 2.18. The zero-order chi connectivity index (χ0) is 22.0. The van der Waals surface area contributed by atoms with Gasteiger partial charge in [0, 0.05) is 22.2 Å². The monoisotopic (exact) mass is 477 g/mol. The van der Waals surface area contributed by atoms with E-state index in [-0.39, 0.29) is 16.9 Å². The zero-order valence-corrected chi connectivity index (χ0v) is 17.9. The molecule has 0 bridgehead atoms. The van der Waals surface area contributed by atoms with Crippen LogP contribution in [0.25, 0.3) is 16.9 Å². The molecule has 31 heavy (non-hydrogen) atoms. The molecule has 0 aliphatic carbocycles. The van der Waals surface area contributed by atoms with Crippen LogP contribution >= 0.6 is 15.9 Å². The number of hydrogen-bond acceptors (Lipinski definition) is 5. The summed E-state index contributed by atoms with van der Waals surface area (Å²) in [5.74, 6) is 0. The summed E-state index contributed by atoms with van der Waals surface area (Å²) in [7, 11) is 0. The maximum atomic E-state index is 13.2. The van der Waals surface area contributed by atoms with Crippen molar-refractivity contribution in [2.24, 2.45) is 10.2 Å². The number of benzene rings is 3. The number of H-pyrrole nitrogens is 1. The van der Waals surface area contributed by atoms with E-state index in [2.05, 4.69) is 31.3 Å². The molecular weight excluding hydrogens is 462 g/mol. The molecule has 0 radical (unpaired) electrons. The molecule has 1 heterocycles. The van der Waals surface area contributed by atoms with E-state index in [4.69, 9.17) is 0 Å². The lowest BCUT2D eigenvalue weighted by molar-refractivity contribution is -0.384. The van der Waals surface area contributed by atoms with Gasteiger partial charge < -0.3 is 0 Å². The van der Waals surface area contributed by atoms with Gasteiger partial charge in [-0.15, -0.1) is 10.2 Å². The van der Waals surface area contributed by atoms with E-state index < -0.39 is 4.92 Å². The summed E-state index contributed by atoms with van der Waals surface area (Å²) in [5.41, 5.74) is 2.94. The lowest BCUT2D eigenvalue weighted by Gasteiger charge is -2.01. The van der Waals surface area contributed by atoms with Gasteiger partial charge in [0.1, 0.15) is 0 Å². The first kappa shape index (κ1) is 20.4. The van der Waals surface area contributed by atoms with Crippen molar-refractivity contribution in [2.75, 3.05) is 0 Å². The van der Waals surface area contributed by atoms with Gasteiger partial charge in [-0.25, -0.2) is 4.68 Å². The molecule has 4 aromatic rings. The summed E-state index contributed by atoms with van der Waals surface area (Å²) in [6.45, 7) is 1.96. The molecule has 1 N–H and O–H groups in total. The van der Waals surface area contributed by atoms with Crippen molar-refractivity contribution in [1.29, 1.82) is 0 Å². The summed E-state index contributed by atoms with van der Waals surface area (Å²) in [4.78, 5) is 23.7. The van der Waals surface area contributed by atoms with Crippen molar-refractivity contribution in [1.82, 2.24) is 9.78 Å². The Morgan fingerprint density at radius 3 is 2.35 bits per heavy atom. The molecule has 0 saturated carbocycles. The van der Waals surface area contributed by atoms with Crippen molar-refractivity contribution in [3.05, 3.63) is 103 Å². The first-order valence-electron chi connectivity index (χ1n) is 9.27. The second-order valence-corrected chi connectivity index (χ2v) is 7.62. The van der Waals surface area contributed by atoms with E-state index in [0.29, 0.717) is 22.6 Å². The van der Waals surface area contributed by atoms with Crippen LogP contribution in [0.1, 0.15) is 5.56 Å².